The predicted octanol–water partition coefficient (Wildman–Crippen LogP) is 7.34. The molecule has 0 atom stereocenters. The van der Waals surface area contributed by atoms with Gasteiger partial charge in [0.15, 0.2) is 0 Å². The van der Waals surface area contributed by atoms with Crippen LogP contribution in [0.2, 0.25) is 0 Å². The van der Waals surface area contributed by atoms with Gasteiger partial charge in [0.25, 0.3) is 0 Å². The lowest BCUT2D eigenvalue weighted by atomic mass is 9.75. The Bertz CT molecular complexity index is 1050. The van der Waals surface area contributed by atoms with Crippen LogP contribution in [0.1, 0.15) is 60.3 Å². The molecule has 0 aliphatic carbocycles. The number of piperidine rings is 1. The van der Waals surface area contributed by atoms with Crippen molar-refractivity contribution in [3.05, 3.63) is 84.2 Å². The first kappa shape index (κ1) is 32.7. The minimum atomic E-state index is -1.10. The van der Waals surface area contributed by atoms with Crippen molar-refractivity contribution >= 4 is 43.0 Å². The monoisotopic (exact) mass is 537 g/mol. The molecule has 0 spiro atoms. The molecule has 1 fully saturated rings. The number of aliphatic imine (C=N–C) groups is 1. The average Bonchev–Trinajstić information content (AvgIpc) is 3.17. The van der Waals surface area contributed by atoms with Crippen molar-refractivity contribution in [2.24, 2.45) is 10.4 Å². The minimum Gasteiger partial charge on any atom is -0.481 e. The minimum absolute atomic E-state index is 0. The van der Waals surface area contributed by atoms with Gasteiger partial charge < -0.3 is 10.0 Å². The van der Waals surface area contributed by atoms with E-state index >= 15 is 0 Å². The van der Waals surface area contributed by atoms with Crippen molar-refractivity contribution < 1.29 is 14.7 Å². The molecule has 6 nitrogen and oxygen atoms in total. The molecule has 206 valence electrons. The summed E-state index contributed by atoms with van der Waals surface area (Å²) in [6, 6.07) is 18.8. The van der Waals surface area contributed by atoms with Crippen LogP contribution >= 0.6 is 13.5 Å². The zero-order chi connectivity index (χ0) is 27.3. The lowest BCUT2D eigenvalue weighted by Gasteiger charge is -2.40. The largest absolute Gasteiger partial charge is 0.481 e. The van der Waals surface area contributed by atoms with E-state index in [1.165, 1.54) is 0 Å². The summed E-state index contributed by atoms with van der Waals surface area (Å²) in [5.41, 5.74) is 1.43. The zero-order valence-electron chi connectivity index (χ0n) is 23.4. The second-order valence-electron chi connectivity index (χ2n) is 8.61. The van der Waals surface area contributed by atoms with Crippen LogP contribution in [-0.4, -0.2) is 41.2 Å². The molecule has 1 saturated heterocycles. The van der Waals surface area contributed by atoms with Gasteiger partial charge in [-0.1, -0.05) is 76.2 Å². The first-order valence-corrected chi connectivity index (χ1v) is 13.3. The number of anilines is 2. The van der Waals surface area contributed by atoms with Gasteiger partial charge in [-0.3, -0.25) is 14.5 Å². The Morgan fingerprint density at radius 3 is 1.89 bits per heavy atom. The van der Waals surface area contributed by atoms with E-state index in [-0.39, 0.29) is 25.8 Å². The fourth-order valence-corrected chi connectivity index (χ4v) is 4.52. The maximum absolute atomic E-state index is 13.6. The lowest BCUT2D eigenvalue weighted by molar-refractivity contribution is -0.154. The van der Waals surface area contributed by atoms with Crippen molar-refractivity contribution in [3.8, 4) is 0 Å². The number of carbonyl (C=O) groups is 2. The molecular weight excluding hydrogens is 494 g/mol. The summed E-state index contributed by atoms with van der Waals surface area (Å²) in [5, 5.41) is 10.2. The van der Waals surface area contributed by atoms with E-state index in [1.807, 2.05) is 101 Å². The normalized spacial score (nSPS) is 15.6. The molecule has 2 aromatic rings. The summed E-state index contributed by atoms with van der Waals surface area (Å²) in [5.74, 6) is -0.232. The second-order valence-corrected chi connectivity index (χ2v) is 8.61. The zero-order valence-corrected chi connectivity index (χ0v) is 24.4. The molecule has 0 bridgehead atoms. The summed E-state index contributed by atoms with van der Waals surface area (Å²) in [6.07, 6.45) is 7.52. The highest BCUT2D eigenvalue weighted by Crippen LogP contribution is 2.39. The fourth-order valence-electron chi connectivity index (χ4n) is 4.52. The highest BCUT2D eigenvalue weighted by atomic mass is 32.1. The second kappa shape index (κ2) is 16.5. The first-order chi connectivity index (χ1) is 18.0. The van der Waals surface area contributed by atoms with Crippen LogP contribution in [0.15, 0.2) is 89.2 Å². The van der Waals surface area contributed by atoms with E-state index in [2.05, 4.69) is 22.0 Å². The van der Waals surface area contributed by atoms with Gasteiger partial charge in [0.05, 0.1) is 5.41 Å². The van der Waals surface area contributed by atoms with Gasteiger partial charge in [0.1, 0.15) is 5.82 Å². The number of rotatable bonds is 6. The van der Waals surface area contributed by atoms with Gasteiger partial charge >= 0.3 is 5.97 Å². The number of hydrogen-bond donors (Lipinski definition) is 1. The molecular formula is C31H43N3O3S. The Morgan fingerprint density at radius 2 is 1.42 bits per heavy atom. The summed E-state index contributed by atoms with van der Waals surface area (Å²) in [6.45, 7) is 11.1. The van der Waals surface area contributed by atoms with E-state index in [0.29, 0.717) is 25.9 Å². The van der Waals surface area contributed by atoms with E-state index in [9.17, 15) is 14.7 Å². The number of carboxylic acids is 1. The average molecular weight is 538 g/mol. The SMILES string of the molecule is CC.CC.CC1=C(N2CCC(CC(=O)N(c3ccccc3)c3ccccc3)(C(=O)O)CC2)N=CCC=C1.S. The van der Waals surface area contributed by atoms with Crippen molar-refractivity contribution in [1.82, 2.24) is 4.90 Å². The first-order valence-electron chi connectivity index (χ1n) is 13.3. The molecule has 2 heterocycles. The van der Waals surface area contributed by atoms with Gasteiger partial charge in [-0.2, -0.15) is 13.5 Å². The molecule has 0 aromatic heterocycles. The van der Waals surface area contributed by atoms with E-state index in [0.717, 1.165) is 29.2 Å². The molecule has 2 aliphatic rings. The highest BCUT2D eigenvalue weighted by molar-refractivity contribution is 7.59. The van der Waals surface area contributed by atoms with Crippen LogP contribution in [0.5, 0.6) is 0 Å². The molecule has 38 heavy (non-hydrogen) atoms. The van der Waals surface area contributed by atoms with Crippen molar-refractivity contribution in [1.29, 1.82) is 0 Å². The third-order valence-corrected chi connectivity index (χ3v) is 6.42. The predicted molar refractivity (Wildman–Crippen MR) is 164 cm³/mol. The summed E-state index contributed by atoms with van der Waals surface area (Å²) in [7, 11) is 0. The molecule has 0 radical (unpaired) electrons. The molecule has 1 amide bonds. The van der Waals surface area contributed by atoms with Gasteiger partial charge in [0.2, 0.25) is 5.91 Å². The van der Waals surface area contributed by atoms with E-state index in [4.69, 9.17) is 0 Å². The van der Waals surface area contributed by atoms with Crippen LogP contribution < -0.4 is 4.90 Å². The topological polar surface area (TPSA) is 73.2 Å². The maximum atomic E-state index is 13.6. The number of aliphatic carboxylic acids is 1. The number of para-hydroxylation sites is 2. The van der Waals surface area contributed by atoms with Gasteiger partial charge in [-0.05, 0) is 49.6 Å². The standard InChI is InChI=1S/C27H29N3O3.2C2H6.H2S/c1-21-10-8-9-17-28-25(21)29-18-15-27(16-19-29,26(32)33)20-24(31)30(22-11-4-2-5-12-22)23-13-6-3-7-14-23;2*1-2;/h2-8,10-14,17H,9,15-16,18-20H2,1H3,(H,32,33);2*1-2H3;1H2. The van der Waals surface area contributed by atoms with Crippen LogP contribution in [-0.2, 0) is 9.59 Å². The van der Waals surface area contributed by atoms with E-state index in [1.54, 1.807) is 4.90 Å². The van der Waals surface area contributed by atoms with Crippen LogP contribution in [0.3, 0.4) is 0 Å². The van der Waals surface area contributed by atoms with Gasteiger partial charge in [-0.15, -0.1) is 0 Å². The number of carbonyl (C=O) groups excluding carboxylic acids is 1. The molecule has 0 saturated carbocycles. The van der Waals surface area contributed by atoms with Crippen molar-refractivity contribution in [2.45, 2.75) is 60.3 Å². The number of allylic oxidation sites excluding steroid dienone is 3. The number of likely N-dealkylation sites (tertiary alicyclic amines) is 1. The molecule has 0 unspecified atom stereocenters. The van der Waals surface area contributed by atoms with Gasteiger partial charge in [0, 0.05) is 43.5 Å². The third kappa shape index (κ3) is 8.09. The molecule has 2 aliphatic heterocycles. The van der Waals surface area contributed by atoms with Crippen LogP contribution in [0, 0.1) is 5.41 Å². The molecule has 1 N–H and O–H groups in total. The third-order valence-electron chi connectivity index (χ3n) is 6.42. The number of benzene rings is 2. The van der Waals surface area contributed by atoms with Crippen molar-refractivity contribution in [3.63, 3.8) is 0 Å². The molecule has 4 rings (SSSR count). The Balaban J connectivity index is 0.00000138. The Kier molecular flexibility index (Phi) is 14.2. The lowest BCUT2D eigenvalue weighted by Crippen LogP contribution is -2.46. The quantitative estimate of drug-likeness (QED) is 0.418. The number of carboxylic acid groups (broad SMARTS) is 1. The number of amides is 1. The number of hydrogen-bond acceptors (Lipinski definition) is 4. The molecule has 7 heteroatoms. The Hall–Kier alpha value is -3.32. The Morgan fingerprint density at radius 1 is 0.921 bits per heavy atom. The number of nitrogens with zero attached hydrogens (tertiary/aromatic N) is 3. The van der Waals surface area contributed by atoms with Gasteiger partial charge in [-0.25, -0.2) is 4.99 Å². The van der Waals surface area contributed by atoms with Crippen LogP contribution in [0.25, 0.3) is 0 Å². The van der Waals surface area contributed by atoms with E-state index < -0.39 is 11.4 Å². The van der Waals surface area contributed by atoms with Crippen molar-refractivity contribution in [2.75, 3.05) is 18.0 Å². The Labute approximate surface area is 235 Å². The summed E-state index contributed by atoms with van der Waals surface area (Å²) >= 11 is 0. The maximum Gasteiger partial charge on any atom is 0.310 e. The summed E-state index contributed by atoms with van der Waals surface area (Å²) in [4.78, 5) is 34.4. The highest BCUT2D eigenvalue weighted by Gasteiger charge is 2.44. The molecule has 2 aromatic carbocycles. The fraction of sp³-hybridized carbons (Fsp3) is 0.387. The van der Waals surface area contributed by atoms with Crippen LogP contribution in [0.4, 0.5) is 11.4 Å². The summed E-state index contributed by atoms with van der Waals surface area (Å²) < 4.78 is 0. The smallest absolute Gasteiger partial charge is 0.310 e.